The first-order valence-corrected chi connectivity index (χ1v) is 6.49. The van der Waals surface area contributed by atoms with Crippen LogP contribution >= 0.6 is 15.9 Å². The number of rotatable bonds is 6. The molecule has 0 saturated heterocycles. The van der Waals surface area contributed by atoms with Crippen molar-refractivity contribution in [1.29, 1.82) is 5.41 Å². The van der Waals surface area contributed by atoms with E-state index in [1.54, 1.807) is 6.20 Å². The Morgan fingerprint density at radius 2 is 2.29 bits per heavy atom. The van der Waals surface area contributed by atoms with Gasteiger partial charge in [-0.1, -0.05) is 13.8 Å². The zero-order valence-corrected chi connectivity index (χ0v) is 11.9. The highest BCUT2D eigenvalue weighted by atomic mass is 79.9. The van der Waals surface area contributed by atoms with E-state index < -0.39 is 0 Å². The SMILES string of the molecule is CCN(Cc1ccc(Br)cn1)CC(C)C(=N)N. The molecule has 4 nitrogen and oxygen atoms in total. The molecule has 0 aliphatic carbocycles. The zero-order valence-electron chi connectivity index (χ0n) is 10.3. The van der Waals surface area contributed by atoms with E-state index in [1.807, 2.05) is 19.1 Å². The molecule has 0 radical (unpaired) electrons. The van der Waals surface area contributed by atoms with Gasteiger partial charge in [-0.15, -0.1) is 0 Å². The zero-order chi connectivity index (χ0) is 12.8. The Labute approximate surface area is 111 Å². The summed E-state index contributed by atoms with van der Waals surface area (Å²) in [4.78, 5) is 6.58. The van der Waals surface area contributed by atoms with Crippen molar-refractivity contribution in [2.24, 2.45) is 11.7 Å². The molecule has 0 aliphatic heterocycles. The van der Waals surface area contributed by atoms with Crippen LogP contribution in [-0.2, 0) is 6.54 Å². The van der Waals surface area contributed by atoms with Crippen LogP contribution in [0.15, 0.2) is 22.8 Å². The van der Waals surface area contributed by atoms with E-state index >= 15 is 0 Å². The highest BCUT2D eigenvalue weighted by Crippen LogP contribution is 2.10. The van der Waals surface area contributed by atoms with E-state index in [4.69, 9.17) is 11.1 Å². The second kappa shape index (κ2) is 6.71. The van der Waals surface area contributed by atoms with Crippen LogP contribution in [0.1, 0.15) is 19.5 Å². The van der Waals surface area contributed by atoms with Crippen molar-refractivity contribution in [1.82, 2.24) is 9.88 Å². The van der Waals surface area contributed by atoms with Crippen molar-refractivity contribution in [3.63, 3.8) is 0 Å². The third-order valence-electron chi connectivity index (χ3n) is 2.68. The predicted molar refractivity (Wildman–Crippen MR) is 74.0 cm³/mol. The first-order chi connectivity index (χ1) is 8.02. The molecule has 94 valence electrons. The van der Waals surface area contributed by atoms with Crippen LogP contribution in [0.5, 0.6) is 0 Å². The van der Waals surface area contributed by atoms with Gasteiger partial charge in [-0.2, -0.15) is 0 Å². The van der Waals surface area contributed by atoms with Crippen LogP contribution in [0, 0.1) is 11.3 Å². The Hall–Kier alpha value is -0.940. The molecule has 1 unspecified atom stereocenters. The van der Waals surface area contributed by atoms with Gasteiger partial charge < -0.3 is 5.73 Å². The molecule has 0 saturated carbocycles. The molecule has 3 N–H and O–H groups in total. The monoisotopic (exact) mass is 298 g/mol. The van der Waals surface area contributed by atoms with Crippen molar-refractivity contribution < 1.29 is 0 Å². The maximum Gasteiger partial charge on any atom is 0.0947 e. The first-order valence-electron chi connectivity index (χ1n) is 5.69. The molecular formula is C12H19BrN4. The highest BCUT2D eigenvalue weighted by Gasteiger charge is 2.11. The molecule has 1 rings (SSSR count). The molecule has 17 heavy (non-hydrogen) atoms. The standard InChI is InChI=1S/C12H19BrN4/c1-3-17(7-9(2)12(14)15)8-11-5-4-10(13)6-16-11/h4-6,9H,3,7-8H2,1-2H3,(H3,14,15). The summed E-state index contributed by atoms with van der Waals surface area (Å²) < 4.78 is 0.987. The van der Waals surface area contributed by atoms with E-state index in [1.165, 1.54) is 0 Å². The summed E-state index contributed by atoms with van der Waals surface area (Å²) in [7, 11) is 0. The number of amidine groups is 1. The summed E-state index contributed by atoms with van der Waals surface area (Å²) >= 11 is 3.37. The molecule has 0 bridgehead atoms. The highest BCUT2D eigenvalue weighted by molar-refractivity contribution is 9.10. The number of halogens is 1. The van der Waals surface area contributed by atoms with Gasteiger partial charge in [0.2, 0.25) is 0 Å². The fourth-order valence-electron chi connectivity index (χ4n) is 1.52. The number of hydrogen-bond acceptors (Lipinski definition) is 3. The lowest BCUT2D eigenvalue weighted by Gasteiger charge is -2.23. The minimum atomic E-state index is 0.0883. The third kappa shape index (κ3) is 4.83. The van der Waals surface area contributed by atoms with Gasteiger partial charge in [0.25, 0.3) is 0 Å². The van der Waals surface area contributed by atoms with Crippen molar-refractivity contribution >= 4 is 21.8 Å². The average molecular weight is 299 g/mol. The lowest BCUT2D eigenvalue weighted by atomic mass is 10.1. The van der Waals surface area contributed by atoms with Gasteiger partial charge in [-0.25, -0.2) is 0 Å². The quantitative estimate of drug-likeness (QED) is 0.625. The third-order valence-corrected chi connectivity index (χ3v) is 3.15. The first kappa shape index (κ1) is 14.1. The maximum absolute atomic E-state index is 7.41. The molecule has 0 aliphatic rings. The second-order valence-corrected chi connectivity index (χ2v) is 5.07. The average Bonchev–Trinajstić information content (AvgIpc) is 2.30. The summed E-state index contributed by atoms with van der Waals surface area (Å²) in [5.74, 6) is 0.331. The largest absolute Gasteiger partial charge is 0.387 e. The fourth-order valence-corrected chi connectivity index (χ4v) is 1.75. The summed E-state index contributed by atoms with van der Waals surface area (Å²) in [5.41, 5.74) is 6.52. The van der Waals surface area contributed by atoms with E-state index in [-0.39, 0.29) is 11.8 Å². The van der Waals surface area contributed by atoms with Gasteiger partial charge >= 0.3 is 0 Å². The van der Waals surface area contributed by atoms with Crippen LogP contribution in [-0.4, -0.2) is 28.8 Å². The Morgan fingerprint density at radius 1 is 1.59 bits per heavy atom. The number of nitrogens with zero attached hydrogens (tertiary/aromatic N) is 2. The maximum atomic E-state index is 7.41. The van der Waals surface area contributed by atoms with E-state index in [2.05, 4.69) is 32.7 Å². The molecule has 0 amide bonds. The van der Waals surface area contributed by atoms with Crippen LogP contribution in [0.2, 0.25) is 0 Å². The Bertz CT molecular complexity index is 363. The number of hydrogen-bond donors (Lipinski definition) is 2. The summed E-state index contributed by atoms with van der Waals surface area (Å²) in [6, 6.07) is 4.00. The Balaban J connectivity index is 2.57. The molecule has 0 aromatic carbocycles. The Kier molecular flexibility index (Phi) is 5.58. The lowest BCUT2D eigenvalue weighted by Crippen LogP contribution is -2.34. The number of nitrogens with two attached hydrogens (primary N) is 1. The molecule has 1 atom stereocenters. The van der Waals surface area contributed by atoms with Crippen LogP contribution in [0.25, 0.3) is 0 Å². The van der Waals surface area contributed by atoms with Crippen LogP contribution in [0.3, 0.4) is 0 Å². The van der Waals surface area contributed by atoms with Crippen molar-refractivity contribution in [3.05, 3.63) is 28.5 Å². The fraction of sp³-hybridized carbons (Fsp3) is 0.500. The van der Waals surface area contributed by atoms with Gasteiger partial charge in [-0.3, -0.25) is 15.3 Å². The van der Waals surface area contributed by atoms with Crippen LogP contribution in [0.4, 0.5) is 0 Å². The van der Waals surface area contributed by atoms with E-state index in [0.29, 0.717) is 0 Å². The van der Waals surface area contributed by atoms with Crippen LogP contribution < -0.4 is 5.73 Å². The van der Waals surface area contributed by atoms with E-state index in [9.17, 15) is 0 Å². The minimum absolute atomic E-state index is 0.0883. The summed E-state index contributed by atoms with van der Waals surface area (Å²) in [5, 5.41) is 7.41. The molecule has 1 aromatic heterocycles. The van der Waals surface area contributed by atoms with Crippen molar-refractivity contribution in [3.8, 4) is 0 Å². The molecule has 0 fully saturated rings. The van der Waals surface area contributed by atoms with Crippen molar-refractivity contribution in [2.45, 2.75) is 20.4 Å². The van der Waals surface area contributed by atoms with E-state index in [0.717, 1.165) is 29.8 Å². The molecule has 1 aromatic rings. The lowest BCUT2D eigenvalue weighted by molar-refractivity contribution is 0.260. The summed E-state index contributed by atoms with van der Waals surface area (Å²) in [6.07, 6.45) is 1.80. The van der Waals surface area contributed by atoms with Gasteiger partial charge in [0.1, 0.15) is 0 Å². The van der Waals surface area contributed by atoms with Gasteiger partial charge in [0.05, 0.1) is 11.5 Å². The molecule has 5 heteroatoms. The number of aromatic nitrogens is 1. The van der Waals surface area contributed by atoms with Gasteiger partial charge in [-0.05, 0) is 34.6 Å². The number of pyridine rings is 1. The molecule has 1 heterocycles. The molecular weight excluding hydrogens is 280 g/mol. The van der Waals surface area contributed by atoms with Gasteiger partial charge in [0, 0.05) is 29.7 Å². The second-order valence-electron chi connectivity index (χ2n) is 4.15. The Morgan fingerprint density at radius 3 is 2.76 bits per heavy atom. The minimum Gasteiger partial charge on any atom is -0.387 e. The van der Waals surface area contributed by atoms with Gasteiger partial charge in [0.15, 0.2) is 0 Å². The normalized spacial score (nSPS) is 12.7. The molecule has 0 spiro atoms. The van der Waals surface area contributed by atoms with Crippen molar-refractivity contribution in [2.75, 3.05) is 13.1 Å². The topological polar surface area (TPSA) is 66.0 Å². The number of nitrogens with one attached hydrogen (secondary N) is 1. The predicted octanol–water partition coefficient (Wildman–Crippen LogP) is 2.24. The summed E-state index contributed by atoms with van der Waals surface area (Å²) in [6.45, 7) is 6.59. The smallest absolute Gasteiger partial charge is 0.0947 e.